The minimum atomic E-state index is 0.404. The molecular formula is C68H42N10O. The van der Waals surface area contributed by atoms with Gasteiger partial charge in [0.2, 0.25) is 11.8 Å². The Hall–Kier alpha value is -11.0. The van der Waals surface area contributed by atoms with Crippen molar-refractivity contribution in [2.75, 3.05) is 0 Å². The zero-order valence-corrected chi connectivity index (χ0v) is 42.1. The van der Waals surface area contributed by atoms with Crippen LogP contribution in [0.5, 0.6) is 0 Å². The van der Waals surface area contributed by atoms with Crippen LogP contribution < -0.4 is 0 Å². The zero-order valence-electron chi connectivity index (χ0n) is 42.1. The van der Waals surface area contributed by atoms with Crippen LogP contribution in [0.4, 0.5) is 0 Å². The van der Waals surface area contributed by atoms with Gasteiger partial charge in [-0.2, -0.15) is 0 Å². The molecule has 0 bridgehead atoms. The summed E-state index contributed by atoms with van der Waals surface area (Å²) in [5.41, 5.74) is 12.9. The normalized spacial score (nSPS) is 11.5. The van der Waals surface area contributed by atoms with Crippen molar-refractivity contribution in [3.05, 3.63) is 255 Å². The van der Waals surface area contributed by atoms with Crippen LogP contribution in [0.2, 0.25) is 0 Å². The minimum absolute atomic E-state index is 0.404. The topological polar surface area (TPSA) is 126 Å². The smallest absolute Gasteiger partial charge is 0.250 e. The third-order valence-corrected chi connectivity index (χ3v) is 14.4. The van der Waals surface area contributed by atoms with Gasteiger partial charge < -0.3 is 13.6 Å². The van der Waals surface area contributed by atoms with Crippen molar-refractivity contribution in [2.45, 2.75) is 0 Å². The van der Waals surface area contributed by atoms with Crippen LogP contribution in [0, 0.1) is 0 Å². The highest BCUT2D eigenvalue weighted by atomic mass is 16.4. The molecule has 15 rings (SSSR count). The van der Waals surface area contributed by atoms with Gasteiger partial charge >= 0.3 is 0 Å². The zero-order chi connectivity index (χ0) is 52.2. The highest BCUT2D eigenvalue weighted by Crippen LogP contribution is 2.41. The molecule has 0 amide bonds. The lowest BCUT2D eigenvalue weighted by molar-refractivity contribution is 0.585. The first-order valence-corrected chi connectivity index (χ1v) is 26.0. The monoisotopic (exact) mass is 1010 g/mol. The SMILES string of the molecule is c1ccc(-c2nc(-c3ccccc3)nc(-c3cccc(-n4c5ccccc5c5cc(-c6nnc(-c7cccc8c9ccccc9n(-c9cccc(-c%10nc(-c%11ccccc%11)nc(-c%11ccccc%11)n%10)c9)c78)o6)ccc54)c3)n2)cc1. The fraction of sp³-hybridized carbons (Fsp3) is 0. The van der Waals surface area contributed by atoms with E-state index in [0.29, 0.717) is 46.7 Å². The number of hydrogen-bond donors (Lipinski definition) is 0. The van der Waals surface area contributed by atoms with Crippen LogP contribution >= 0.6 is 0 Å². The summed E-state index contributed by atoms with van der Waals surface area (Å²) < 4.78 is 11.3. The van der Waals surface area contributed by atoms with Crippen LogP contribution in [-0.4, -0.2) is 49.2 Å². The second-order valence-corrected chi connectivity index (χ2v) is 19.2. The summed E-state index contributed by atoms with van der Waals surface area (Å²) in [6.45, 7) is 0. The van der Waals surface area contributed by atoms with Gasteiger partial charge in [0.15, 0.2) is 34.9 Å². The first-order chi connectivity index (χ1) is 39.1. The van der Waals surface area contributed by atoms with E-state index < -0.39 is 0 Å². The number of rotatable bonds is 10. The molecule has 0 aliphatic heterocycles. The number of hydrogen-bond acceptors (Lipinski definition) is 9. The van der Waals surface area contributed by atoms with Gasteiger partial charge in [-0.05, 0) is 60.7 Å². The fourth-order valence-corrected chi connectivity index (χ4v) is 10.7. The molecule has 15 aromatic rings. The number of aromatic nitrogens is 10. The van der Waals surface area contributed by atoms with E-state index in [1.165, 1.54) is 0 Å². The van der Waals surface area contributed by atoms with Crippen molar-refractivity contribution in [3.63, 3.8) is 0 Å². The molecule has 0 aliphatic carbocycles. The standard InChI is InChI=1S/C68H42N10O/c1-5-20-43(21-6-1)61-69-62(44-22-7-2-8-23-44)72-65(71-61)47-28-17-30-50(40-47)77-57-36-15-14-33-53(57)56-42-49(38-39-59(56)77)67-75-76-68(79-67)55-35-19-34-54-52-32-13-16-37-58(52)78(60(54)55)51-31-18-29-48(41-51)66-73-63(45-24-9-3-10-25-45)70-64(74-66)46-26-11-4-12-27-46/h1-42H. The summed E-state index contributed by atoms with van der Waals surface area (Å²) in [6, 6.07) is 86.4. The van der Waals surface area contributed by atoms with E-state index in [9.17, 15) is 0 Å². The first kappa shape index (κ1) is 45.4. The second kappa shape index (κ2) is 19.0. The van der Waals surface area contributed by atoms with Crippen molar-refractivity contribution in [1.29, 1.82) is 0 Å². The molecule has 370 valence electrons. The maximum atomic E-state index is 6.77. The lowest BCUT2D eigenvalue weighted by Crippen LogP contribution is -2.01. The molecule has 0 fully saturated rings. The first-order valence-electron chi connectivity index (χ1n) is 26.0. The average molecular weight is 1020 g/mol. The lowest BCUT2D eigenvalue weighted by Gasteiger charge is -2.12. The van der Waals surface area contributed by atoms with Crippen LogP contribution in [0.3, 0.4) is 0 Å². The van der Waals surface area contributed by atoms with Crippen molar-refractivity contribution in [1.82, 2.24) is 49.2 Å². The Bertz CT molecular complexity index is 4670. The van der Waals surface area contributed by atoms with Crippen LogP contribution in [0.25, 0.3) is 146 Å². The van der Waals surface area contributed by atoms with Crippen molar-refractivity contribution < 1.29 is 4.42 Å². The molecule has 5 heterocycles. The molecule has 0 saturated heterocycles. The predicted molar refractivity (Wildman–Crippen MR) is 313 cm³/mol. The van der Waals surface area contributed by atoms with Gasteiger partial charge in [0, 0.05) is 71.9 Å². The largest absolute Gasteiger partial charge is 0.416 e. The molecule has 10 aromatic carbocycles. The fourth-order valence-electron chi connectivity index (χ4n) is 10.7. The summed E-state index contributed by atoms with van der Waals surface area (Å²) in [6.07, 6.45) is 0. The Balaban J connectivity index is 0.818. The Morgan fingerprint density at radius 3 is 1.15 bits per heavy atom. The molecule has 0 N–H and O–H groups in total. The second-order valence-electron chi connectivity index (χ2n) is 19.2. The molecule has 0 radical (unpaired) electrons. The number of nitrogens with zero attached hydrogens (tertiary/aromatic N) is 10. The molecule has 11 heteroatoms. The van der Waals surface area contributed by atoms with Crippen LogP contribution in [0.1, 0.15) is 0 Å². The summed E-state index contributed by atoms with van der Waals surface area (Å²) in [5.74, 6) is 4.40. The molecule has 0 spiro atoms. The molecule has 0 atom stereocenters. The molecule has 0 saturated carbocycles. The van der Waals surface area contributed by atoms with E-state index in [1.54, 1.807) is 0 Å². The maximum absolute atomic E-state index is 6.77. The van der Waals surface area contributed by atoms with E-state index in [1.807, 2.05) is 127 Å². The molecule has 79 heavy (non-hydrogen) atoms. The summed E-state index contributed by atoms with van der Waals surface area (Å²) in [5, 5.41) is 13.8. The number of para-hydroxylation sites is 3. The van der Waals surface area contributed by atoms with Gasteiger partial charge in [-0.15, -0.1) is 10.2 Å². The van der Waals surface area contributed by atoms with E-state index in [4.69, 9.17) is 44.5 Å². The quantitative estimate of drug-likeness (QED) is 0.132. The van der Waals surface area contributed by atoms with E-state index in [-0.39, 0.29) is 0 Å². The van der Waals surface area contributed by atoms with Crippen molar-refractivity contribution in [3.8, 4) is 103 Å². The van der Waals surface area contributed by atoms with E-state index in [2.05, 4.69) is 137 Å². The summed E-state index contributed by atoms with van der Waals surface area (Å²) >= 11 is 0. The third-order valence-electron chi connectivity index (χ3n) is 14.4. The Morgan fingerprint density at radius 1 is 0.253 bits per heavy atom. The molecule has 5 aromatic heterocycles. The van der Waals surface area contributed by atoms with E-state index >= 15 is 0 Å². The van der Waals surface area contributed by atoms with Crippen LogP contribution in [0.15, 0.2) is 259 Å². The van der Waals surface area contributed by atoms with Gasteiger partial charge in [0.1, 0.15) is 0 Å². The Kier molecular flexibility index (Phi) is 10.9. The number of benzene rings is 10. The Labute approximate surface area is 452 Å². The highest BCUT2D eigenvalue weighted by Gasteiger charge is 2.23. The molecule has 11 nitrogen and oxygen atoms in total. The van der Waals surface area contributed by atoms with Gasteiger partial charge in [0.05, 0.1) is 27.6 Å². The molecule has 0 aliphatic rings. The van der Waals surface area contributed by atoms with Crippen molar-refractivity contribution >= 4 is 43.6 Å². The van der Waals surface area contributed by atoms with Crippen LogP contribution in [-0.2, 0) is 0 Å². The summed E-state index contributed by atoms with van der Waals surface area (Å²) in [4.78, 5) is 30.1. The third kappa shape index (κ3) is 8.08. The molecular weight excluding hydrogens is 973 g/mol. The van der Waals surface area contributed by atoms with Gasteiger partial charge in [-0.3, -0.25) is 0 Å². The average Bonchev–Trinajstić information content (AvgIpc) is 4.47. The minimum Gasteiger partial charge on any atom is -0.416 e. The highest BCUT2D eigenvalue weighted by molar-refractivity contribution is 6.13. The van der Waals surface area contributed by atoms with Crippen molar-refractivity contribution in [2.24, 2.45) is 0 Å². The lowest BCUT2D eigenvalue weighted by atomic mass is 10.1. The van der Waals surface area contributed by atoms with E-state index in [0.717, 1.165) is 99.5 Å². The maximum Gasteiger partial charge on any atom is 0.250 e. The number of fused-ring (bicyclic) bond motifs is 6. The summed E-state index contributed by atoms with van der Waals surface area (Å²) in [7, 11) is 0. The van der Waals surface area contributed by atoms with Gasteiger partial charge in [0.25, 0.3) is 0 Å². The van der Waals surface area contributed by atoms with Gasteiger partial charge in [-0.25, -0.2) is 29.9 Å². The molecule has 0 unspecified atom stereocenters. The predicted octanol–water partition coefficient (Wildman–Crippen LogP) is 16.0. The van der Waals surface area contributed by atoms with Gasteiger partial charge in [-0.1, -0.05) is 194 Å². The Morgan fingerprint density at radius 2 is 0.633 bits per heavy atom.